The third kappa shape index (κ3) is 2.52. The molecule has 5 heteroatoms. The minimum atomic E-state index is 0.478. The molecule has 1 saturated heterocycles. The van der Waals surface area contributed by atoms with Gasteiger partial charge in [-0.2, -0.15) is 10.5 Å². The molecule has 0 spiro atoms. The molecule has 86 valence electrons. The summed E-state index contributed by atoms with van der Waals surface area (Å²) >= 11 is 0. The molecule has 0 aliphatic carbocycles. The van der Waals surface area contributed by atoms with Crippen LogP contribution in [0.5, 0.6) is 0 Å². The average molecular weight is 227 g/mol. The largest absolute Gasteiger partial charge is 0.367 e. The van der Waals surface area contributed by atoms with Crippen LogP contribution in [0.25, 0.3) is 0 Å². The van der Waals surface area contributed by atoms with E-state index >= 15 is 0 Å². The van der Waals surface area contributed by atoms with E-state index in [1.807, 2.05) is 0 Å². The van der Waals surface area contributed by atoms with Crippen LogP contribution in [-0.4, -0.2) is 42.6 Å². The first-order valence-corrected chi connectivity index (χ1v) is 5.53. The van der Waals surface area contributed by atoms with Crippen LogP contribution < -0.4 is 4.90 Å². The lowest BCUT2D eigenvalue weighted by molar-refractivity contribution is 0.287. The molecule has 1 aromatic rings. The van der Waals surface area contributed by atoms with Gasteiger partial charge in [-0.05, 0) is 6.07 Å². The monoisotopic (exact) mass is 227 g/mol. The molecule has 2 rings (SSSR count). The Morgan fingerprint density at radius 3 is 2.65 bits per heavy atom. The van der Waals surface area contributed by atoms with Crippen LogP contribution in [-0.2, 0) is 0 Å². The van der Waals surface area contributed by atoms with E-state index in [9.17, 15) is 0 Å². The van der Waals surface area contributed by atoms with Crippen molar-refractivity contribution in [1.29, 1.82) is 10.5 Å². The normalized spacial score (nSPS) is 16.2. The highest BCUT2D eigenvalue weighted by Gasteiger charge is 2.18. The van der Waals surface area contributed by atoms with Crippen LogP contribution in [0.4, 0.5) is 5.69 Å². The summed E-state index contributed by atoms with van der Waals surface area (Å²) in [5.41, 5.74) is 1.56. The number of hydrogen-bond acceptors (Lipinski definition) is 5. The van der Waals surface area contributed by atoms with Crippen LogP contribution in [0.2, 0.25) is 0 Å². The van der Waals surface area contributed by atoms with E-state index in [0.717, 1.165) is 31.9 Å². The van der Waals surface area contributed by atoms with E-state index in [1.54, 1.807) is 18.5 Å². The Hall–Kier alpha value is -2.11. The van der Waals surface area contributed by atoms with Gasteiger partial charge in [0.2, 0.25) is 0 Å². The number of hydrogen-bond donors (Lipinski definition) is 0. The maximum Gasteiger partial charge on any atom is 0.101 e. The molecule has 0 N–H and O–H groups in total. The zero-order chi connectivity index (χ0) is 12.1. The molecule has 17 heavy (non-hydrogen) atoms. The van der Waals surface area contributed by atoms with Crippen molar-refractivity contribution in [3.05, 3.63) is 24.0 Å². The summed E-state index contributed by atoms with van der Waals surface area (Å²) in [6.07, 6.45) is 3.37. The first-order valence-electron chi connectivity index (χ1n) is 5.53. The third-order valence-corrected chi connectivity index (χ3v) is 2.93. The summed E-state index contributed by atoms with van der Waals surface area (Å²) in [6.45, 7) is 3.86. The molecule has 0 radical (unpaired) electrons. The second-order valence-corrected chi connectivity index (χ2v) is 3.93. The van der Waals surface area contributed by atoms with Crippen molar-refractivity contribution in [3.8, 4) is 12.1 Å². The number of nitriles is 2. The van der Waals surface area contributed by atoms with E-state index < -0.39 is 0 Å². The molecule has 1 aliphatic rings. The summed E-state index contributed by atoms with van der Waals surface area (Å²) in [6, 6.07) is 6.07. The second kappa shape index (κ2) is 5.29. The average Bonchev–Trinajstić information content (AvgIpc) is 2.40. The van der Waals surface area contributed by atoms with Crippen molar-refractivity contribution in [1.82, 2.24) is 9.88 Å². The van der Waals surface area contributed by atoms with Gasteiger partial charge < -0.3 is 4.90 Å². The molecule has 0 unspecified atom stereocenters. The zero-order valence-corrected chi connectivity index (χ0v) is 9.50. The molecule has 1 aliphatic heterocycles. The van der Waals surface area contributed by atoms with Gasteiger partial charge in [0, 0.05) is 32.4 Å². The van der Waals surface area contributed by atoms with Crippen molar-refractivity contribution in [3.63, 3.8) is 0 Å². The Balaban J connectivity index is 2.06. The number of aromatic nitrogens is 1. The van der Waals surface area contributed by atoms with Gasteiger partial charge in [-0.25, -0.2) is 0 Å². The second-order valence-electron chi connectivity index (χ2n) is 3.93. The van der Waals surface area contributed by atoms with E-state index in [-0.39, 0.29) is 0 Å². The number of nitrogens with zero attached hydrogens (tertiary/aromatic N) is 5. The minimum absolute atomic E-state index is 0.478. The van der Waals surface area contributed by atoms with E-state index in [0.29, 0.717) is 12.1 Å². The maximum atomic E-state index is 9.03. The van der Waals surface area contributed by atoms with Gasteiger partial charge in [0.15, 0.2) is 0 Å². The van der Waals surface area contributed by atoms with Gasteiger partial charge in [0.25, 0.3) is 0 Å². The Morgan fingerprint density at radius 2 is 2.00 bits per heavy atom. The van der Waals surface area contributed by atoms with Crippen molar-refractivity contribution < 1.29 is 0 Å². The fourth-order valence-corrected chi connectivity index (χ4v) is 1.98. The minimum Gasteiger partial charge on any atom is -0.367 e. The van der Waals surface area contributed by atoms with Gasteiger partial charge in [-0.3, -0.25) is 9.88 Å². The Morgan fingerprint density at radius 1 is 1.24 bits per heavy atom. The van der Waals surface area contributed by atoms with E-state index in [2.05, 4.69) is 26.9 Å². The third-order valence-electron chi connectivity index (χ3n) is 2.93. The molecule has 0 atom stereocenters. The van der Waals surface area contributed by atoms with Gasteiger partial charge >= 0.3 is 0 Å². The van der Waals surface area contributed by atoms with Crippen LogP contribution in [0.3, 0.4) is 0 Å². The molecule has 5 nitrogen and oxygen atoms in total. The quantitative estimate of drug-likeness (QED) is 0.692. The van der Waals surface area contributed by atoms with E-state index in [4.69, 9.17) is 10.5 Å². The lowest BCUT2D eigenvalue weighted by atomic mass is 10.2. The molecular weight excluding hydrogens is 214 g/mol. The molecule has 1 aromatic heterocycles. The number of piperazine rings is 1. The highest BCUT2D eigenvalue weighted by Crippen LogP contribution is 2.19. The van der Waals surface area contributed by atoms with Gasteiger partial charge in [-0.1, -0.05) is 0 Å². The van der Waals surface area contributed by atoms with Gasteiger partial charge in [0.05, 0.1) is 30.1 Å². The summed E-state index contributed by atoms with van der Waals surface area (Å²) < 4.78 is 0. The molecular formula is C12H13N5. The summed E-state index contributed by atoms with van der Waals surface area (Å²) in [4.78, 5) is 8.33. The fraction of sp³-hybridized carbons (Fsp3) is 0.417. The smallest absolute Gasteiger partial charge is 0.101 e. The molecule has 0 amide bonds. The first kappa shape index (κ1) is 11.4. The van der Waals surface area contributed by atoms with Crippen molar-refractivity contribution >= 4 is 5.69 Å². The number of rotatable bonds is 2. The predicted octanol–water partition coefficient (Wildman–Crippen LogP) is 0.599. The van der Waals surface area contributed by atoms with Crippen LogP contribution in [0.15, 0.2) is 18.5 Å². The number of anilines is 1. The Kier molecular flexibility index (Phi) is 3.54. The lowest BCUT2D eigenvalue weighted by Crippen LogP contribution is -2.46. The van der Waals surface area contributed by atoms with Crippen molar-refractivity contribution in [2.24, 2.45) is 0 Å². The summed E-state index contributed by atoms with van der Waals surface area (Å²) in [7, 11) is 0. The SMILES string of the molecule is N#CCN1CCN(c2cnccc2C#N)CC1. The lowest BCUT2D eigenvalue weighted by Gasteiger charge is -2.35. The van der Waals surface area contributed by atoms with Gasteiger partial charge in [0.1, 0.15) is 6.07 Å². The van der Waals surface area contributed by atoms with Gasteiger partial charge in [-0.15, -0.1) is 0 Å². The molecule has 2 heterocycles. The predicted molar refractivity (Wildman–Crippen MR) is 63.2 cm³/mol. The highest BCUT2D eigenvalue weighted by atomic mass is 15.3. The number of pyridine rings is 1. The van der Waals surface area contributed by atoms with Crippen LogP contribution in [0.1, 0.15) is 5.56 Å². The maximum absolute atomic E-state index is 9.03. The van der Waals surface area contributed by atoms with Crippen LogP contribution in [0, 0.1) is 22.7 Å². The molecule has 0 bridgehead atoms. The summed E-state index contributed by atoms with van der Waals surface area (Å²) in [5, 5.41) is 17.7. The molecule has 1 fully saturated rings. The first-order chi connectivity index (χ1) is 8.35. The zero-order valence-electron chi connectivity index (χ0n) is 9.50. The van der Waals surface area contributed by atoms with E-state index in [1.165, 1.54) is 0 Å². The Bertz CT molecular complexity index is 463. The van der Waals surface area contributed by atoms with Crippen molar-refractivity contribution in [2.75, 3.05) is 37.6 Å². The molecule has 0 saturated carbocycles. The van der Waals surface area contributed by atoms with Crippen molar-refractivity contribution in [2.45, 2.75) is 0 Å². The van der Waals surface area contributed by atoms with Crippen LogP contribution >= 0.6 is 0 Å². The fourth-order valence-electron chi connectivity index (χ4n) is 1.98. The standard InChI is InChI=1S/C12H13N5/c13-2-4-16-5-7-17(8-6-16)12-10-15-3-1-11(12)9-14/h1,3,10H,4-8H2. The topological polar surface area (TPSA) is 67.0 Å². The molecule has 0 aromatic carbocycles. The Labute approximate surface area is 101 Å². The summed E-state index contributed by atoms with van der Waals surface area (Å²) in [5.74, 6) is 0. The highest BCUT2D eigenvalue weighted by molar-refractivity contribution is 5.57.